The van der Waals surface area contributed by atoms with E-state index < -0.39 is 0 Å². The number of Topliss-reactive ketones (excluding diaryl/α,β-unsaturated/α-hetero) is 1. The second kappa shape index (κ2) is 6.78. The summed E-state index contributed by atoms with van der Waals surface area (Å²) in [6.07, 6.45) is 0. The summed E-state index contributed by atoms with van der Waals surface area (Å²) in [5, 5.41) is 1.10. The van der Waals surface area contributed by atoms with E-state index in [-0.39, 0.29) is 17.1 Å². The summed E-state index contributed by atoms with van der Waals surface area (Å²) >= 11 is 2.73. The maximum atomic E-state index is 12.3. The number of nitrogens with zero attached hydrogens (tertiary/aromatic N) is 1. The highest BCUT2D eigenvalue weighted by molar-refractivity contribution is 7.99. The van der Waals surface area contributed by atoms with Gasteiger partial charge in [-0.15, -0.1) is 11.3 Å². The van der Waals surface area contributed by atoms with Gasteiger partial charge < -0.3 is 9.72 Å². The smallest absolute Gasteiger partial charge is 0.260 e. The fourth-order valence-corrected chi connectivity index (χ4v) is 4.16. The first-order valence-corrected chi connectivity index (χ1v) is 9.10. The van der Waals surface area contributed by atoms with Crippen LogP contribution in [-0.4, -0.2) is 28.6 Å². The quantitative estimate of drug-likeness (QED) is 0.428. The molecule has 0 spiro atoms. The first kappa shape index (κ1) is 16.7. The molecule has 0 radical (unpaired) electrons. The number of ketones is 1. The fraction of sp³-hybridized carbons (Fsp3) is 0.235. The van der Waals surface area contributed by atoms with E-state index in [1.165, 1.54) is 23.1 Å². The first-order valence-electron chi connectivity index (χ1n) is 7.29. The molecule has 3 rings (SSSR count). The van der Waals surface area contributed by atoms with Crippen LogP contribution in [0.2, 0.25) is 0 Å². The number of fused-ring (bicyclic) bond motifs is 1. The minimum absolute atomic E-state index is 0.0415. The van der Waals surface area contributed by atoms with Crippen LogP contribution >= 0.6 is 23.1 Å². The zero-order chi connectivity index (χ0) is 17.3. The molecule has 7 heteroatoms. The molecule has 0 bridgehead atoms. The van der Waals surface area contributed by atoms with Crippen molar-refractivity contribution in [1.82, 2.24) is 9.97 Å². The summed E-state index contributed by atoms with van der Waals surface area (Å²) in [7, 11) is 1.56. The summed E-state index contributed by atoms with van der Waals surface area (Å²) in [5.74, 6) is 0.800. The average molecular weight is 360 g/mol. The molecular formula is C17H16N2O3S2. The van der Waals surface area contributed by atoms with Crippen molar-refractivity contribution in [3.8, 4) is 5.75 Å². The zero-order valence-electron chi connectivity index (χ0n) is 13.5. The SMILES string of the molecule is COc1cccc(C(=O)CSc2nc3sc(C)c(C)c3c(=O)[nH]2)c1. The number of aromatic nitrogens is 2. The molecule has 2 aromatic heterocycles. The standard InChI is InChI=1S/C17H16N2O3S2/c1-9-10(2)24-16-14(9)15(21)18-17(19-16)23-8-13(20)11-5-4-6-12(7-11)22-3/h4-7H,8H2,1-3H3,(H,18,19,21). The molecule has 0 saturated heterocycles. The number of rotatable bonds is 5. The van der Waals surface area contributed by atoms with Gasteiger partial charge in [0.15, 0.2) is 10.9 Å². The van der Waals surface area contributed by atoms with Crippen LogP contribution in [-0.2, 0) is 0 Å². The summed E-state index contributed by atoms with van der Waals surface area (Å²) in [6.45, 7) is 3.89. The van der Waals surface area contributed by atoms with E-state index >= 15 is 0 Å². The third-order valence-electron chi connectivity index (χ3n) is 3.75. The van der Waals surface area contributed by atoms with E-state index in [2.05, 4.69) is 9.97 Å². The van der Waals surface area contributed by atoms with Gasteiger partial charge in [0.2, 0.25) is 0 Å². The maximum Gasteiger partial charge on any atom is 0.260 e. The van der Waals surface area contributed by atoms with E-state index in [9.17, 15) is 9.59 Å². The number of hydrogen-bond acceptors (Lipinski definition) is 6. The molecule has 124 valence electrons. The zero-order valence-corrected chi connectivity index (χ0v) is 15.1. The summed E-state index contributed by atoms with van der Waals surface area (Å²) < 4.78 is 5.13. The highest BCUT2D eigenvalue weighted by Gasteiger charge is 2.13. The van der Waals surface area contributed by atoms with Crippen LogP contribution in [0.5, 0.6) is 5.75 Å². The Balaban J connectivity index is 1.80. The Labute approximate surface area is 147 Å². The number of nitrogens with one attached hydrogen (secondary N) is 1. The molecule has 2 heterocycles. The molecule has 0 fully saturated rings. The molecule has 0 atom stereocenters. The molecular weight excluding hydrogens is 344 g/mol. The molecule has 1 N–H and O–H groups in total. The summed E-state index contributed by atoms with van der Waals surface area (Å²) in [5.41, 5.74) is 1.39. The molecule has 24 heavy (non-hydrogen) atoms. The number of ether oxygens (including phenoxy) is 1. The van der Waals surface area contributed by atoms with Crippen molar-refractivity contribution >= 4 is 39.1 Å². The van der Waals surface area contributed by atoms with Gasteiger partial charge in [0, 0.05) is 10.4 Å². The van der Waals surface area contributed by atoms with Gasteiger partial charge >= 0.3 is 0 Å². The Morgan fingerprint density at radius 2 is 2.17 bits per heavy atom. The fourth-order valence-electron chi connectivity index (χ4n) is 2.32. The lowest BCUT2D eigenvalue weighted by molar-refractivity contribution is 0.102. The lowest BCUT2D eigenvalue weighted by Gasteiger charge is -2.04. The van der Waals surface area contributed by atoms with Crippen LogP contribution in [0.1, 0.15) is 20.8 Å². The van der Waals surface area contributed by atoms with Gasteiger partial charge in [-0.2, -0.15) is 0 Å². The predicted molar refractivity (Wildman–Crippen MR) is 97.8 cm³/mol. The summed E-state index contributed by atoms with van der Waals surface area (Å²) in [6, 6.07) is 7.02. The van der Waals surface area contributed by atoms with Gasteiger partial charge in [-0.3, -0.25) is 9.59 Å². The van der Waals surface area contributed by atoms with Crippen molar-refractivity contribution in [2.75, 3.05) is 12.9 Å². The first-order chi connectivity index (χ1) is 11.5. The number of thiophene rings is 1. The molecule has 0 aliphatic heterocycles. The molecule has 0 aliphatic carbocycles. The van der Waals surface area contributed by atoms with Crippen molar-refractivity contribution in [3.63, 3.8) is 0 Å². The lowest BCUT2D eigenvalue weighted by atomic mass is 10.1. The second-order valence-corrected chi connectivity index (χ2v) is 7.45. The van der Waals surface area contributed by atoms with Crippen LogP contribution < -0.4 is 10.3 Å². The van der Waals surface area contributed by atoms with Gasteiger partial charge in [0.1, 0.15) is 10.6 Å². The molecule has 3 aromatic rings. The van der Waals surface area contributed by atoms with Gasteiger partial charge in [-0.05, 0) is 31.5 Å². The van der Waals surface area contributed by atoms with Gasteiger partial charge in [-0.25, -0.2) is 4.98 Å². The number of methoxy groups -OCH3 is 1. The van der Waals surface area contributed by atoms with E-state index in [1.807, 2.05) is 13.8 Å². The highest BCUT2D eigenvalue weighted by atomic mass is 32.2. The average Bonchev–Trinajstić information content (AvgIpc) is 2.87. The van der Waals surface area contributed by atoms with Crippen molar-refractivity contribution in [2.45, 2.75) is 19.0 Å². The van der Waals surface area contributed by atoms with Gasteiger partial charge in [-0.1, -0.05) is 23.9 Å². The normalized spacial score (nSPS) is 11.0. The topological polar surface area (TPSA) is 72.0 Å². The highest BCUT2D eigenvalue weighted by Crippen LogP contribution is 2.27. The number of carbonyl (C=O) groups is 1. The van der Waals surface area contributed by atoms with E-state index in [0.717, 1.165) is 10.4 Å². The Morgan fingerprint density at radius 1 is 1.38 bits per heavy atom. The van der Waals surface area contributed by atoms with Crippen molar-refractivity contribution in [1.29, 1.82) is 0 Å². The second-order valence-electron chi connectivity index (χ2n) is 5.28. The Hall–Kier alpha value is -2.12. The van der Waals surface area contributed by atoms with E-state index in [4.69, 9.17) is 4.74 Å². The Kier molecular flexibility index (Phi) is 4.73. The Morgan fingerprint density at radius 3 is 2.92 bits per heavy atom. The van der Waals surface area contributed by atoms with Gasteiger partial charge in [0.05, 0.1) is 18.2 Å². The van der Waals surface area contributed by atoms with Crippen molar-refractivity contribution in [2.24, 2.45) is 0 Å². The van der Waals surface area contributed by atoms with Gasteiger partial charge in [0.25, 0.3) is 5.56 Å². The Bertz CT molecular complexity index is 976. The van der Waals surface area contributed by atoms with E-state index in [0.29, 0.717) is 26.7 Å². The largest absolute Gasteiger partial charge is 0.497 e. The monoisotopic (exact) mass is 360 g/mol. The van der Waals surface area contributed by atoms with Crippen molar-refractivity contribution in [3.05, 3.63) is 50.6 Å². The molecule has 0 unspecified atom stereocenters. The predicted octanol–water partition coefficient (Wildman–Crippen LogP) is 3.59. The molecule has 0 saturated carbocycles. The van der Waals surface area contributed by atoms with Crippen LogP contribution in [0, 0.1) is 13.8 Å². The number of H-pyrrole nitrogens is 1. The minimum Gasteiger partial charge on any atom is -0.497 e. The third kappa shape index (κ3) is 3.22. The van der Waals surface area contributed by atoms with Crippen LogP contribution in [0.3, 0.4) is 0 Å². The van der Waals surface area contributed by atoms with Crippen LogP contribution in [0.15, 0.2) is 34.2 Å². The molecule has 0 aliphatic rings. The van der Waals surface area contributed by atoms with Crippen LogP contribution in [0.25, 0.3) is 10.2 Å². The number of hydrogen-bond donors (Lipinski definition) is 1. The lowest BCUT2D eigenvalue weighted by Crippen LogP contribution is -2.10. The number of aromatic amines is 1. The minimum atomic E-state index is -0.154. The summed E-state index contributed by atoms with van der Waals surface area (Å²) in [4.78, 5) is 33.5. The molecule has 5 nitrogen and oxygen atoms in total. The number of carbonyl (C=O) groups excluding carboxylic acids is 1. The third-order valence-corrected chi connectivity index (χ3v) is 5.72. The molecule has 1 aromatic carbocycles. The molecule has 0 amide bonds. The maximum absolute atomic E-state index is 12.3. The van der Waals surface area contributed by atoms with E-state index in [1.54, 1.807) is 31.4 Å². The number of thioether (sulfide) groups is 1. The number of aryl methyl sites for hydroxylation is 2. The van der Waals surface area contributed by atoms with Crippen molar-refractivity contribution < 1.29 is 9.53 Å². The van der Waals surface area contributed by atoms with Crippen LogP contribution in [0.4, 0.5) is 0 Å². The number of benzene rings is 1.